The van der Waals surface area contributed by atoms with E-state index < -0.39 is 17.9 Å². The molecule has 236 valence electrons. The van der Waals surface area contributed by atoms with Gasteiger partial charge in [-0.05, 0) is 92.8 Å². The number of benzene rings is 2. The van der Waals surface area contributed by atoms with Crippen molar-refractivity contribution in [3.63, 3.8) is 0 Å². The number of nitrogens with zero attached hydrogens (tertiary/aromatic N) is 3. The number of rotatable bonds is 11. The average Bonchev–Trinajstić information content (AvgIpc) is 3.86. The number of carbonyl (C=O) groups excluding carboxylic acids is 4. The van der Waals surface area contributed by atoms with E-state index in [4.69, 9.17) is 4.52 Å². The number of ketones is 1. The summed E-state index contributed by atoms with van der Waals surface area (Å²) in [4.78, 5) is 57.6. The van der Waals surface area contributed by atoms with Gasteiger partial charge < -0.3 is 25.4 Å². The van der Waals surface area contributed by atoms with E-state index in [1.165, 1.54) is 18.1 Å². The molecule has 0 bridgehead atoms. The molecule has 0 saturated carbocycles. The Bertz CT molecular complexity index is 1520. The summed E-state index contributed by atoms with van der Waals surface area (Å²) in [5.41, 5.74) is 3.98. The van der Waals surface area contributed by atoms with E-state index in [-0.39, 0.29) is 35.5 Å². The summed E-state index contributed by atoms with van der Waals surface area (Å²) in [7, 11) is 0. The number of nitrogens with one attached hydrogen (secondary N) is 3. The number of fused-ring (bicyclic) bond motifs is 1. The Kier molecular flexibility index (Phi) is 9.34. The monoisotopic (exact) mass is 612 g/mol. The summed E-state index contributed by atoms with van der Waals surface area (Å²) >= 11 is 0. The van der Waals surface area contributed by atoms with Crippen molar-refractivity contribution in [3.8, 4) is 0 Å². The molecule has 1 aromatic heterocycles. The molecule has 6 rings (SSSR count). The molecule has 3 aromatic rings. The molecule has 0 spiro atoms. The Labute approximate surface area is 262 Å². The molecule has 3 N–H and O–H groups in total. The molecule has 3 amide bonds. The predicted octanol–water partition coefficient (Wildman–Crippen LogP) is 2.63. The second-order valence-corrected chi connectivity index (χ2v) is 12.5. The lowest BCUT2D eigenvalue weighted by atomic mass is 9.96. The highest BCUT2D eigenvalue weighted by Gasteiger charge is 2.36. The molecular weight excluding hydrogens is 572 g/mol. The zero-order valence-corrected chi connectivity index (χ0v) is 25.6. The molecule has 1 aliphatic carbocycles. The average molecular weight is 613 g/mol. The van der Waals surface area contributed by atoms with Gasteiger partial charge in [0, 0.05) is 25.1 Å². The third kappa shape index (κ3) is 7.30. The lowest BCUT2D eigenvalue weighted by molar-refractivity contribution is -0.137. The number of Topliss-reactive ketones (excluding diaryl/α,β-unsaturated/α-hetero) is 1. The molecule has 2 saturated heterocycles. The Balaban J connectivity index is 1.07. The van der Waals surface area contributed by atoms with Gasteiger partial charge in [0.1, 0.15) is 6.04 Å². The fourth-order valence-electron chi connectivity index (χ4n) is 6.78. The first-order valence-corrected chi connectivity index (χ1v) is 16.0. The van der Waals surface area contributed by atoms with Gasteiger partial charge in [-0.3, -0.25) is 19.2 Å². The SMILES string of the molecule is CC(=O)N1CCC[C@@H]1C(=O)N[C@@H](CCC1CCNC1)C(=O)c1noc(Cc2ccc(C(=O)NC3Cc4ccccc4C3)cc2)n1. The quantitative estimate of drug-likeness (QED) is 0.280. The normalized spacial score (nSPS) is 20.2. The second kappa shape index (κ2) is 13.7. The Morgan fingerprint density at radius 3 is 2.49 bits per heavy atom. The molecule has 0 radical (unpaired) electrons. The van der Waals surface area contributed by atoms with Gasteiger partial charge in [-0.15, -0.1) is 0 Å². The second-order valence-electron chi connectivity index (χ2n) is 12.5. The number of hydrogen-bond donors (Lipinski definition) is 3. The van der Waals surface area contributed by atoms with E-state index in [9.17, 15) is 19.2 Å². The Morgan fingerprint density at radius 2 is 1.80 bits per heavy atom. The number of hydrogen-bond acceptors (Lipinski definition) is 8. The van der Waals surface area contributed by atoms with Crippen molar-refractivity contribution in [3.05, 3.63) is 82.5 Å². The van der Waals surface area contributed by atoms with Crippen molar-refractivity contribution < 1.29 is 23.7 Å². The van der Waals surface area contributed by atoms with E-state index in [2.05, 4.69) is 38.2 Å². The van der Waals surface area contributed by atoms with E-state index in [0.29, 0.717) is 37.3 Å². The minimum atomic E-state index is -0.816. The molecule has 3 aliphatic rings. The molecule has 45 heavy (non-hydrogen) atoms. The summed E-state index contributed by atoms with van der Waals surface area (Å²) < 4.78 is 5.43. The molecular formula is C34H40N6O5. The first-order chi connectivity index (χ1) is 21.8. The van der Waals surface area contributed by atoms with Gasteiger partial charge in [-0.2, -0.15) is 4.98 Å². The van der Waals surface area contributed by atoms with Crippen molar-refractivity contribution in [2.45, 2.75) is 76.4 Å². The van der Waals surface area contributed by atoms with Crippen LogP contribution < -0.4 is 16.0 Å². The fourth-order valence-corrected chi connectivity index (χ4v) is 6.78. The minimum Gasteiger partial charge on any atom is -0.349 e. The molecule has 2 aliphatic heterocycles. The van der Waals surface area contributed by atoms with Crippen LogP contribution in [0.5, 0.6) is 0 Å². The zero-order valence-electron chi connectivity index (χ0n) is 25.6. The van der Waals surface area contributed by atoms with Gasteiger partial charge in [0.2, 0.25) is 29.3 Å². The maximum absolute atomic E-state index is 13.6. The molecule has 2 fully saturated rings. The van der Waals surface area contributed by atoms with E-state index in [1.54, 1.807) is 17.0 Å². The molecule has 3 atom stereocenters. The van der Waals surface area contributed by atoms with Crippen LogP contribution in [0.25, 0.3) is 0 Å². The standard InChI is InChI=1S/C34H40N6O5/c1-21(41)40-16-4-7-29(40)34(44)37-28(13-10-23-14-15-35-20-23)31(42)32-38-30(45-39-32)17-22-8-11-24(12-9-22)33(43)36-27-18-25-5-2-3-6-26(25)19-27/h2-3,5-6,8-9,11-12,23,27-29,35H,4,7,10,13-20H2,1H3,(H,36,43)(H,37,44)/t23?,28-,29+/m0/s1. The molecule has 11 nitrogen and oxygen atoms in total. The van der Waals surface area contributed by atoms with Crippen LogP contribution in [0.15, 0.2) is 53.1 Å². The third-order valence-electron chi connectivity index (χ3n) is 9.27. The fraction of sp³-hybridized carbons (Fsp3) is 0.471. The Hall–Kier alpha value is -4.38. The van der Waals surface area contributed by atoms with E-state index >= 15 is 0 Å². The highest BCUT2D eigenvalue weighted by molar-refractivity contribution is 6.00. The highest BCUT2D eigenvalue weighted by atomic mass is 16.5. The number of aromatic nitrogens is 2. The van der Waals surface area contributed by atoms with Crippen LogP contribution in [0.3, 0.4) is 0 Å². The largest absolute Gasteiger partial charge is 0.349 e. The smallest absolute Gasteiger partial charge is 0.251 e. The topological polar surface area (TPSA) is 147 Å². The summed E-state index contributed by atoms with van der Waals surface area (Å²) in [6.45, 7) is 3.83. The van der Waals surface area contributed by atoms with Crippen molar-refractivity contribution >= 4 is 23.5 Å². The lowest BCUT2D eigenvalue weighted by Gasteiger charge is -2.25. The van der Waals surface area contributed by atoms with Gasteiger partial charge in [0.15, 0.2) is 0 Å². The van der Waals surface area contributed by atoms with E-state index in [0.717, 1.165) is 50.8 Å². The molecule has 11 heteroatoms. The van der Waals surface area contributed by atoms with Crippen molar-refractivity contribution in [1.82, 2.24) is 31.0 Å². The van der Waals surface area contributed by atoms with Crippen LogP contribution in [0.4, 0.5) is 0 Å². The van der Waals surface area contributed by atoms with Crippen LogP contribution in [-0.4, -0.2) is 76.3 Å². The first kappa shape index (κ1) is 30.6. The molecule has 3 heterocycles. The Morgan fingerprint density at radius 1 is 1.04 bits per heavy atom. The van der Waals surface area contributed by atoms with Gasteiger partial charge in [-0.25, -0.2) is 0 Å². The van der Waals surface area contributed by atoms with Crippen LogP contribution in [-0.2, 0) is 28.9 Å². The molecule has 2 aromatic carbocycles. The minimum absolute atomic E-state index is 0.0803. The lowest BCUT2D eigenvalue weighted by Crippen LogP contribution is -2.50. The molecule has 1 unspecified atom stereocenters. The van der Waals surface area contributed by atoms with Crippen LogP contribution in [0.1, 0.15) is 82.6 Å². The van der Waals surface area contributed by atoms with Gasteiger partial charge in [-0.1, -0.05) is 41.6 Å². The van der Waals surface area contributed by atoms with Crippen molar-refractivity contribution in [2.75, 3.05) is 19.6 Å². The van der Waals surface area contributed by atoms with E-state index in [1.807, 2.05) is 24.3 Å². The summed E-state index contributed by atoms with van der Waals surface area (Å²) in [6, 6.07) is 14.2. The maximum atomic E-state index is 13.6. The van der Waals surface area contributed by atoms with Gasteiger partial charge >= 0.3 is 0 Å². The zero-order chi connectivity index (χ0) is 31.3. The van der Waals surface area contributed by atoms with Crippen LogP contribution >= 0.6 is 0 Å². The third-order valence-corrected chi connectivity index (χ3v) is 9.27. The van der Waals surface area contributed by atoms with Gasteiger partial charge in [0.05, 0.1) is 12.5 Å². The number of carbonyl (C=O) groups is 4. The van der Waals surface area contributed by atoms with Gasteiger partial charge in [0.25, 0.3) is 5.91 Å². The summed E-state index contributed by atoms with van der Waals surface area (Å²) in [5.74, 6) is -0.378. The number of likely N-dealkylation sites (tertiary alicyclic amines) is 1. The van der Waals surface area contributed by atoms with Crippen LogP contribution in [0, 0.1) is 5.92 Å². The number of amides is 3. The summed E-state index contributed by atoms with van der Waals surface area (Å²) in [5, 5.41) is 13.3. The summed E-state index contributed by atoms with van der Waals surface area (Å²) in [6.07, 6.45) is 5.51. The van der Waals surface area contributed by atoms with Crippen molar-refractivity contribution in [2.24, 2.45) is 5.92 Å². The van der Waals surface area contributed by atoms with Crippen LogP contribution in [0.2, 0.25) is 0 Å². The predicted molar refractivity (Wildman–Crippen MR) is 166 cm³/mol. The maximum Gasteiger partial charge on any atom is 0.251 e. The first-order valence-electron chi connectivity index (χ1n) is 16.0. The highest BCUT2D eigenvalue weighted by Crippen LogP contribution is 2.23. The van der Waals surface area contributed by atoms with Crippen molar-refractivity contribution in [1.29, 1.82) is 0 Å².